The van der Waals surface area contributed by atoms with Gasteiger partial charge >= 0.3 is 12.1 Å². The van der Waals surface area contributed by atoms with Crippen LogP contribution in [0.1, 0.15) is 42.7 Å². The number of hydrogen-bond acceptors (Lipinski definition) is 4. The van der Waals surface area contributed by atoms with Crippen molar-refractivity contribution in [1.82, 2.24) is 10.6 Å². The minimum absolute atomic E-state index is 0.0202. The number of benzene rings is 2. The van der Waals surface area contributed by atoms with E-state index in [1.54, 1.807) is 0 Å². The fourth-order valence-corrected chi connectivity index (χ4v) is 4.61. The molecule has 7 heteroatoms. The van der Waals surface area contributed by atoms with Gasteiger partial charge in [0, 0.05) is 17.9 Å². The number of carboxylic acid groups (broad SMARTS) is 1. The zero-order chi connectivity index (χ0) is 21.8. The van der Waals surface area contributed by atoms with Crippen molar-refractivity contribution in [2.45, 2.75) is 37.6 Å². The molecule has 1 saturated carbocycles. The van der Waals surface area contributed by atoms with Gasteiger partial charge in [-0.2, -0.15) is 0 Å². The van der Waals surface area contributed by atoms with Crippen molar-refractivity contribution < 1.29 is 24.2 Å². The van der Waals surface area contributed by atoms with E-state index in [0.29, 0.717) is 25.7 Å². The molecule has 2 aromatic rings. The molecule has 2 aliphatic rings. The lowest BCUT2D eigenvalue weighted by Gasteiger charge is -2.28. The van der Waals surface area contributed by atoms with Gasteiger partial charge in [-0.15, -0.1) is 0 Å². The van der Waals surface area contributed by atoms with E-state index in [1.807, 2.05) is 24.3 Å². The highest BCUT2D eigenvalue weighted by atomic mass is 16.5. The highest BCUT2D eigenvalue weighted by Crippen LogP contribution is 2.44. The maximum absolute atomic E-state index is 12.4. The molecule has 0 radical (unpaired) electrons. The first-order valence-electron chi connectivity index (χ1n) is 10.6. The highest BCUT2D eigenvalue weighted by Gasteiger charge is 2.30. The van der Waals surface area contributed by atoms with Gasteiger partial charge < -0.3 is 20.5 Å². The summed E-state index contributed by atoms with van der Waals surface area (Å²) in [4.78, 5) is 35.0. The first-order chi connectivity index (χ1) is 15.0. The lowest BCUT2D eigenvalue weighted by atomic mass is 9.85. The molecule has 0 spiro atoms. The summed E-state index contributed by atoms with van der Waals surface area (Å²) in [5.41, 5.74) is 4.71. The minimum atomic E-state index is -1.06. The summed E-state index contributed by atoms with van der Waals surface area (Å²) in [6, 6.07) is 16.4. The van der Waals surface area contributed by atoms with Crippen LogP contribution in [0.4, 0.5) is 4.79 Å². The largest absolute Gasteiger partial charge is 0.480 e. The minimum Gasteiger partial charge on any atom is -0.480 e. The average molecular weight is 422 g/mol. The molecule has 0 aromatic heterocycles. The van der Waals surface area contributed by atoms with Crippen molar-refractivity contribution in [2.24, 2.45) is 5.92 Å². The number of amides is 2. The molecular weight excluding hydrogens is 396 g/mol. The average Bonchev–Trinajstić information content (AvgIpc) is 3.10. The van der Waals surface area contributed by atoms with E-state index >= 15 is 0 Å². The lowest BCUT2D eigenvalue weighted by molar-refractivity contribution is -0.138. The van der Waals surface area contributed by atoms with Crippen LogP contribution in [-0.2, 0) is 14.3 Å². The molecule has 0 aliphatic heterocycles. The van der Waals surface area contributed by atoms with Crippen LogP contribution in [0.15, 0.2) is 48.5 Å². The number of carboxylic acids is 1. The van der Waals surface area contributed by atoms with E-state index in [-0.39, 0.29) is 36.9 Å². The number of ether oxygens (including phenoxy) is 1. The first kappa shape index (κ1) is 20.9. The molecule has 1 fully saturated rings. The SMILES string of the molecule is O=C(O)CNC(=O)C1CCC(NC(=O)OCC2c3ccccc3-c3ccccc32)CC1. The summed E-state index contributed by atoms with van der Waals surface area (Å²) >= 11 is 0. The van der Waals surface area contributed by atoms with Gasteiger partial charge in [0.05, 0.1) is 0 Å². The summed E-state index contributed by atoms with van der Waals surface area (Å²) in [7, 11) is 0. The van der Waals surface area contributed by atoms with E-state index in [2.05, 4.69) is 34.9 Å². The van der Waals surface area contributed by atoms with Crippen LogP contribution in [0.5, 0.6) is 0 Å². The highest BCUT2D eigenvalue weighted by molar-refractivity contribution is 5.83. The molecule has 31 heavy (non-hydrogen) atoms. The molecule has 4 rings (SSSR count). The predicted octanol–water partition coefficient (Wildman–Crippen LogP) is 3.28. The Morgan fingerprint density at radius 2 is 1.48 bits per heavy atom. The topological polar surface area (TPSA) is 105 Å². The molecule has 2 aromatic carbocycles. The maximum Gasteiger partial charge on any atom is 0.407 e. The number of nitrogens with one attached hydrogen (secondary N) is 2. The van der Waals surface area contributed by atoms with E-state index < -0.39 is 12.1 Å². The Morgan fingerprint density at radius 1 is 0.903 bits per heavy atom. The fourth-order valence-electron chi connectivity index (χ4n) is 4.61. The number of carbonyl (C=O) groups is 3. The Morgan fingerprint density at radius 3 is 2.06 bits per heavy atom. The fraction of sp³-hybridized carbons (Fsp3) is 0.375. The van der Waals surface area contributed by atoms with Crippen LogP contribution in [0.2, 0.25) is 0 Å². The van der Waals surface area contributed by atoms with Crippen LogP contribution < -0.4 is 10.6 Å². The second-order valence-corrected chi connectivity index (χ2v) is 8.13. The Balaban J connectivity index is 1.27. The van der Waals surface area contributed by atoms with Gasteiger partial charge in [-0.3, -0.25) is 9.59 Å². The van der Waals surface area contributed by atoms with Crippen molar-refractivity contribution in [3.63, 3.8) is 0 Å². The van der Waals surface area contributed by atoms with Crippen LogP contribution in [0.3, 0.4) is 0 Å². The standard InChI is InChI=1S/C24H26N2O5/c27-22(28)13-25-23(29)15-9-11-16(12-10-15)26-24(30)31-14-21-19-7-3-1-5-17(19)18-6-2-4-8-20(18)21/h1-8,15-16,21H,9-14H2,(H,25,29)(H,26,30)(H,27,28). The van der Waals surface area contributed by atoms with E-state index in [9.17, 15) is 14.4 Å². The van der Waals surface area contributed by atoms with Crippen LogP contribution in [0.25, 0.3) is 11.1 Å². The van der Waals surface area contributed by atoms with Crippen molar-refractivity contribution in [3.8, 4) is 11.1 Å². The van der Waals surface area contributed by atoms with Gasteiger partial charge in [0.1, 0.15) is 13.2 Å². The molecule has 2 amide bonds. The number of rotatable bonds is 6. The molecule has 7 nitrogen and oxygen atoms in total. The smallest absolute Gasteiger partial charge is 0.407 e. The van der Waals surface area contributed by atoms with Crippen LogP contribution in [-0.4, -0.2) is 42.3 Å². The molecule has 0 unspecified atom stereocenters. The number of fused-ring (bicyclic) bond motifs is 3. The normalized spacial score (nSPS) is 19.7. The second kappa shape index (κ2) is 9.20. The third-order valence-electron chi connectivity index (χ3n) is 6.18. The summed E-state index contributed by atoms with van der Waals surface area (Å²) in [6.45, 7) is -0.0937. The van der Waals surface area contributed by atoms with Crippen LogP contribution in [0, 0.1) is 5.92 Å². The second-order valence-electron chi connectivity index (χ2n) is 8.13. The number of aliphatic carboxylic acids is 1. The van der Waals surface area contributed by atoms with Crippen molar-refractivity contribution >= 4 is 18.0 Å². The van der Waals surface area contributed by atoms with Gasteiger partial charge in [0.2, 0.25) is 5.91 Å². The van der Waals surface area contributed by atoms with Gasteiger partial charge in [-0.25, -0.2) is 4.79 Å². The van der Waals surface area contributed by atoms with Gasteiger partial charge in [0.25, 0.3) is 0 Å². The van der Waals surface area contributed by atoms with E-state index in [0.717, 1.165) is 0 Å². The zero-order valence-corrected chi connectivity index (χ0v) is 17.2. The molecule has 0 saturated heterocycles. The Kier molecular flexibility index (Phi) is 6.21. The molecule has 2 aliphatic carbocycles. The maximum atomic E-state index is 12.4. The number of hydrogen-bond donors (Lipinski definition) is 3. The predicted molar refractivity (Wildman–Crippen MR) is 115 cm³/mol. The lowest BCUT2D eigenvalue weighted by Crippen LogP contribution is -2.42. The van der Waals surface area contributed by atoms with Crippen molar-refractivity contribution in [1.29, 1.82) is 0 Å². The third kappa shape index (κ3) is 4.71. The monoisotopic (exact) mass is 422 g/mol. The third-order valence-corrected chi connectivity index (χ3v) is 6.18. The summed E-state index contributed by atoms with van der Waals surface area (Å²) in [5, 5.41) is 14.0. The molecular formula is C24H26N2O5. The quantitative estimate of drug-likeness (QED) is 0.663. The summed E-state index contributed by atoms with van der Waals surface area (Å²) in [5.74, 6) is -1.48. The molecule has 3 N–H and O–H groups in total. The first-order valence-corrected chi connectivity index (χ1v) is 10.6. The van der Waals surface area contributed by atoms with E-state index in [1.165, 1.54) is 22.3 Å². The summed E-state index contributed by atoms with van der Waals surface area (Å²) < 4.78 is 5.59. The zero-order valence-electron chi connectivity index (χ0n) is 17.2. The Bertz CT molecular complexity index is 936. The summed E-state index contributed by atoms with van der Waals surface area (Å²) in [6.07, 6.45) is 2.10. The Labute approximate surface area is 180 Å². The molecule has 162 valence electrons. The number of carbonyl (C=O) groups excluding carboxylic acids is 2. The number of alkyl carbamates (subject to hydrolysis) is 1. The van der Waals surface area contributed by atoms with Gasteiger partial charge in [-0.05, 0) is 47.9 Å². The molecule has 0 atom stereocenters. The molecule has 0 bridgehead atoms. The van der Waals surface area contributed by atoms with Crippen LogP contribution >= 0.6 is 0 Å². The van der Waals surface area contributed by atoms with Gasteiger partial charge in [-0.1, -0.05) is 48.5 Å². The molecule has 0 heterocycles. The van der Waals surface area contributed by atoms with Crippen molar-refractivity contribution in [3.05, 3.63) is 59.7 Å². The van der Waals surface area contributed by atoms with E-state index in [4.69, 9.17) is 9.84 Å². The van der Waals surface area contributed by atoms with Crippen molar-refractivity contribution in [2.75, 3.05) is 13.2 Å². The van der Waals surface area contributed by atoms with Gasteiger partial charge in [0.15, 0.2) is 0 Å². The Hall–Kier alpha value is -3.35.